The van der Waals surface area contributed by atoms with Gasteiger partial charge in [0, 0.05) is 18.5 Å². The van der Waals surface area contributed by atoms with Crippen LogP contribution in [0.1, 0.15) is 28.7 Å². The second-order valence-electron chi connectivity index (χ2n) is 7.75. The number of carbonyl (C=O) groups is 1. The summed E-state index contributed by atoms with van der Waals surface area (Å²) in [5.41, 5.74) is 3.88. The standard InChI is InChI=1S/C27H29N3O3/c1-3-20-11-13-22(14-12-20)33-18-17-30-25-10-5-4-9-24(25)29-26(30)15-16-28-27(31)21-7-6-8-23(19-21)32-2/h4-14,19H,3,15-18H2,1-2H3,(H,28,31). The quantitative estimate of drug-likeness (QED) is 0.387. The first-order valence-electron chi connectivity index (χ1n) is 11.3. The normalized spacial score (nSPS) is 10.8. The molecule has 0 spiro atoms. The zero-order valence-electron chi connectivity index (χ0n) is 19.1. The van der Waals surface area contributed by atoms with Gasteiger partial charge in [-0.15, -0.1) is 0 Å². The number of methoxy groups -OCH3 is 1. The van der Waals surface area contributed by atoms with Crippen LogP contribution in [-0.2, 0) is 19.4 Å². The Balaban J connectivity index is 1.40. The van der Waals surface area contributed by atoms with Gasteiger partial charge in [-0.25, -0.2) is 4.98 Å². The number of carbonyl (C=O) groups excluding carboxylic acids is 1. The van der Waals surface area contributed by atoms with Gasteiger partial charge in [0.1, 0.15) is 23.9 Å². The van der Waals surface area contributed by atoms with E-state index < -0.39 is 0 Å². The van der Waals surface area contributed by atoms with Crippen molar-refractivity contribution in [1.29, 1.82) is 0 Å². The van der Waals surface area contributed by atoms with Gasteiger partial charge >= 0.3 is 0 Å². The van der Waals surface area contributed by atoms with Crippen LogP contribution in [0.5, 0.6) is 11.5 Å². The van der Waals surface area contributed by atoms with Crippen LogP contribution in [-0.4, -0.2) is 35.7 Å². The summed E-state index contributed by atoms with van der Waals surface area (Å²) in [6.07, 6.45) is 1.63. The third-order valence-electron chi connectivity index (χ3n) is 5.61. The molecule has 0 saturated heterocycles. The van der Waals surface area contributed by atoms with Gasteiger partial charge < -0.3 is 19.4 Å². The molecule has 4 aromatic rings. The van der Waals surface area contributed by atoms with Gasteiger partial charge in [0.15, 0.2) is 0 Å². The van der Waals surface area contributed by atoms with Crippen LogP contribution in [0, 0.1) is 0 Å². The van der Waals surface area contributed by atoms with Crippen molar-refractivity contribution >= 4 is 16.9 Å². The Bertz CT molecular complexity index is 1220. The molecule has 0 aliphatic rings. The molecular formula is C27H29N3O3. The summed E-state index contributed by atoms with van der Waals surface area (Å²) in [5.74, 6) is 2.32. The molecule has 6 nitrogen and oxygen atoms in total. The Kier molecular flexibility index (Phi) is 7.25. The number of nitrogens with zero attached hydrogens (tertiary/aromatic N) is 2. The molecule has 0 fully saturated rings. The zero-order valence-corrected chi connectivity index (χ0v) is 19.1. The van der Waals surface area contributed by atoms with Crippen molar-refractivity contribution in [2.45, 2.75) is 26.3 Å². The first kappa shape index (κ1) is 22.4. The number of amides is 1. The average Bonchev–Trinajstić information content (AvgIpc) is 3.21. The lowest BCUT2D eigenvalue weighted by atomic mass is 10.2. The number of rotatable bonds is 10. The fourth-order valence-electron chi connectivity index (χ4n) is 3.80. The molecular weight excluding hydrogens is 414 g/mol. The topological polar surface area (TPSA) is 65.4 Å². The van der Waals surface area contributed by atoms with E-state index in [0.717, 1.165) is 29.0 Å². The summed E-state index contributed by atoms with van der Waals surface area (Å²) in [4.78, 5) is 17.3. The lowest BCUT2D eigenvalue weighted by Gasteiger charge is -2.12. The van der Waals surface area contributed by atoms with E-state index in [1.807, 2.05) is 42.5 Å². The maximum atomic E-state index is 12.5. The van der Waals surface area contributed by atoms with Crippen molar-refractivity contribution in [3.63, 3.8) is 0 Å². The summed E-state index contributed by atoms with van der Waals surface area (Å²) < 4.78 is 13.4. The molecule has 1 N–H and O–H groups in total. The highest BCUT2D eigenvalue weighted by atomic mass is 16.5. The molecule has 0 aliphatic carbocycles. The number of ether oxygens (including phenoxy) is 2. The van der Waals surface area contributed by atoms with Gasteiger partial charge in [-0.05, 0) is 54.4 Å². The molecule has 0 unspecified atom stereocenters. The third-order valence-corrected chi connectivity index (χ3v) is 5.61. The van der Waals surface area contributed by atoms with E-state index in [0.29, 0.717) is 37.4 Å². The minimum atomic E-state index is -0.129. The maximum Gasteiger partial charge on any atom is 0.251 e. The van der Waals surface area contributed by atoms with E-state index in [4.69, 9.17) is 14.5 Å². The van der Waals surface area contributed by atoms with Gasteiger partial charge in [-0.2, -0.15) is 0 Å². The van der Waals surface area contributed by atoms with E-state index in [2.05, 4.69) is 35.0 Å². The number of aromatic nitrogens is 2. The van der Waals surface area contributed by atoms with E-state index in [9.17, 15) is 4.79 Å². The molecule has 1 amide bonds. The summed E-state index contributed by atoms with van der Waals surface area (Å²) in [5, 5.41) is 2.98. The van der Waals surface area contributed by atoms with E-state index in [1.165, 1.54) is 5.56 Å². The average molecular weight is 444 g/mol. The van der Waals surface area contributed by atoms with Gasteiger partial charge in [-0.1, -0.05) is 37.3 Å². The molecule has 4 rings (SSSR count). The Hall–Kier alpha value is -3.80. The fraction of sp³-hybridized carbons (Fsp3) is 0.259. The van der Waals surface area contributed by atoms with Crippen LogP contribution >= 0.6 is 0 Å². The van der Waals surface area contributed by atoms with Crippen molar-refractivity contribution in [3.8, 4) is 11.5 Å². The maximum absolute atomic E-state index is 12.5. The van der Waals surface area contributed by atoms with Crippen molar-refractivity contribution in [2.75, 3.05) is 20.3 Å². The number of para-hydroxylation sites is 2. The molecule has 0 saturated carbocycles. The highest BCUT2D eigenvalue weighted by molar-refractivity contribution is 5.94. The number of aryl methyl sites for hydroxylation is 1. The second-order valence-corrected chi connectivity index (χ2v) is 7.75. The van der Waals surface area contributed by atoms with Crippen molar-refractivity contribution in [3.05, 3.63) is 89.7 Å². The zero-order chi connectivity index (χ0) is 23.0. The van der Waals surface area contributed by atoms with Gasteiger partial charge in [-0.3, -0.25) is 4.79 Å². The lowest BCUT2D eigenvalue weighted by molar-refractivity contribution is 0.0953. The molecule has 170 valence electrons. The molecule has 1 aromatic heterocycles. The summed E-state index contributed by atoms with van der Waals surface area (Å²) in [7, 11) is 1.59. The Morgan fingerprint density at radius 3 is 2.61 bits per heavy atom. The minimum Gasteiger partial charge on any atom is -0.497 e. The first-order chi connectivity index (χ1) is 16.2. The number of hydrogen-bond donors (Lipinski definition) is 1. The third kappa shape index (κ3) is 5.52. The Labute approximate surface area is 194 Å². The lowest BCUT2D eigenvalue weighted by Crippen LogP contribution is -2.26. The first-order valence-corrected chi connectivity index (χ1v) is 11.3. The van der Waals surface area contributed by atoms with Crippen LogP contribution in [0.3, 0.4) is 0 Å². The molecule has 3 aromatic carbocycles. The monoisotopic (exact) mass is 443 g/mol. The van der Waals surface area contributed by atoms with Gasteiger partial charge in [0.2, 0.25) is 0 Å². The molecule has 1 heterocycles. The van der Waals surface area contributed by atoms with Crippen LogP contribution in [0.15, 0.2) is 72.8 Å². The summed E-state index contributed by atoms with van der Waals surface area (Å²) in [6, 6.07) is 23.4. The molecule has 33 heavy (non-hydrogen) atoms. The highest BCUT2D eigenvalue weighted by Crippen LogP contribution is 2.18. The van der Waals surface area contributed by atoms with Gasteiger partial charge in [0.05, 0.1) is 24.7 Å². The smallest absolute Gasteiger partial charge is 0.251 e. The SMILES string of the molecule is CCc1ccc(OCCn2c(CCNC(=O)c3cccc(OC)c3)nc3ccccc32)cc1. The second kappa shape index (κ2) is 10.7. The molecule has 6 heteroatoms. The highest BCUT2D eigenvalue weighted by Gasteiger charge is 2.12. The minimum absolute atomic E-state index is 0.129. The van der Waals surface area contributed by atoms with Crippen LogP contribution in [0.4, 0.5) is 0 Å². The summed E-state index contributed by atoms with van der Waals surface area (Å²) >= 11 is 0. The summed E-state index contributed by atoms with van der Waals surface area (Å²) in [6.45, 7) is 3.84. The Morgan fingerprint density at radius 2 is 1.82 bits per heavy atom. The van der Waals surface area contributed by atoms with E-state index >= 15 is 0 Å². The number of hydrogen-bond acceptors (Lipinski definition) is 4. The van der Waals surface area contributed by atoms with Crippen LogP contribution in [0.2, 0.25) is 0 Å². The van der Waals surface area contributed by atoms with Crippen molar-refractivity contribution < 1.29 is 14.3 Å². The molecule has 0 aliphatic heterocycles. The predicted octanol–water partition coefficient (Wildman–Crippen LogP) is 4.66. The molecule has 0 atom stereocenters. The largest absolute Gasteiger partial charge is 0.497 e. The van der Waals surface area contributed by atoms with E-state index in [1.54, 1.807) is 19.2 Å². The number of imidazole rings is 1. The number of benzene rings is 3. The molecule has 0 radical (unpaired) electrons. The number of nitrogens with one attached hydrogen (secondary N) is 1. The van der Waals surface area contributed by atoms with Crippen molar-refractivity contribution in [2.24, 2.45) is 0 Å². The predicted molar refractivity (Wildman–Crippen MR) is 130 cm³/mol. The number of fused-ring (bicyclic) bond motifs is 1. The van der Waals surface area contributed by atoms with E-state index in [-0.39, 0.29) is 5.91 Å². The Morgan fingerprint density at radius 1 is 1.00 bits per heavy atom. The van der Waals surface area contributed by atoms with Gasteiger partial charge in [0.25, 0.3) is 5.91 Å². The van der Waals surface area contributed by atoms with Crippen LogP contribution in [0.25, 0.3) is 11.0 Å². The fourth-order valence-corrected chi connectivity index (χ4v) is 3.80. The van der Waals surface area contributed by atoms with Crippen LogP contribution < -0.4 is 14.8 Å². The van der Waals surface area contributed by atoms with Crippen molar-refractivity contribution in [1.82, 2.24) is 14.9 Å². The molecule has 0 bridgehead atoms.